The first-order valence-corrected chi connectivity index (χ1v) is 7.84. The quantitative estimate of drug-likeness (QED) is 0.793. The Balaban J connectivity index is 1.69. The SMILES string of the molecule is Cc1oc(-c2cccs2)nc1CC(=O)Nc1ccc(C#N)cc1. The third-order valence-corrected chi connectivity index (χ3v) is 4.11. The van der Waals surface area contributed by atoms with E-state index in [2.05, 4.69) is 10.3 Å². The Morgan fingerprint density at radius 3 is 2.78 bits per heavy atom. The van der Waals surface area contributed by atoms with Crippen molar-refractivity contribution in [1.82, 2.24) is 4.98 Å². The van der Waals surface area contributed by atoms with E-state index in [1.807, 2.05) is 23.6 Å². The summed E-state index contributed by atoms with van der Waals surface area (Å²) in [7, 11) is 0. The molecule has 1 aromatic carbocycles. The molecule has 6 heteroatoms. The molecule has 0 spiro atoms. The largest absolute Gasteiger partial charge is 0.440 e. The third kappa shape index (κ3) is 3.47. The van der Waals surface area contributed by atoms with Gasteiger partial charge >= 0.3 is 0 Å². The molecule has 0 aliphatic carbocycles. The van der Waals surface area contributed by atoms with Crippen molar-refractivity contribution in [2.24, 2.45) is 0 Å². The molecule has 0 saturated carbocycles. The first-order valence-electron chi connectivity index (χ1n) is 6.96. The standard InChI is InChI=1S/C17H13N3O2S/c1-11-14(20-17(22-11)15-3-2-8-23-15)9-16(21)19-13-6-4-12(10-18)5-7-13/h2-8H,9H2,1H3,(H,19,21). The number of hydrogen-bond acceptors (Lipinski definition) is 5. The zero-order valence-electron chi connectivity index (χ0n) is 12.4. The van der Waals surface area contributed by atoms with E-state index in [0.717, 1.165) is 4.88 Å². The van der Waals surface area contributed by atoms with Crippen LogP contribution in [0, 0.1) is 18.3 Å². The molecule has 1 N–H and O–H groups in total. The molecule has 0 radical (unpaired) electrons. The number of benzene rings is 1. The minimum Gasteiger partial charge on any atom is -0.440 e. The maximum Gasteiger partial charge on any atom is 0.236 e. The second-order valence-electron chi connectivity index (χ2n) is 4.91. The molecule has 3 rings (SSSR count). The number of oxazole rings is 1. The van der Waals surface area contributed by atoms with Gasteiger partial charge < -0.3 is 9.73 Å². The summed E-state index contributed by atoms with van der Waals surface area (Å²) < 4.78 is 5.62. The Hall–Kier alpha value is -2.91. The summed E-state index contributed by atoms with van der Waals surface area (Å²) in [4.78, 5) is 17.5. The second-order valence-corrected chi connectivity index (χ2v) is 5.86. The molecule has 0 atom stereocenters. The number of carbonyl (C=O) groups is 1. The Kier molecular flexibility index (Phi) is 4.22. The van der Waals surface area contributed by atoms with Crippen molar-refractivity contribution >= 4 is 22.9 Å². The van der Waals surface area contributed by atoms with Crippen molar-refractivity contribution in [2.45, 2.75) is 13.3 Å². The van der Waals surface area contributed by atoms with Gasteiger partial charge in [0.15, 0.2) is 0 Å². The molecule has 0 saturated heterocycles. The van der Waals surface area contributed by atoms with Crippen LogP contribution in [0.1, 0.15) is 17.0 Å². The van der Waals surface area contributed by atoms with E-state index in [1.54, 1.807) is 31.2 Å². The lowest BCUT2D eigenvalue weighted by Gasteiger charge is -2.03. The van der Waals surface area contributed by atoms with Gasteiger partial charge in [-0.2, -0.15) is 5.26 Å². The molecule has 2 heterocycles. The molecule has 3 aromatic rings. The zero-order chi connectivity index (χ0) is 16.2. The van der Waals surface area contributed by atoms with Crippen LogP contribution in [0.2, 0.25) is 0 Å². The lowest BCUT2D eigenvalue weighted by atomic mass is 10.2. The number of anilines is 1. The van der Waals surface area contributed by atoms with Crippen LogP contribution in [0.5, 0.6) is 0 Å². The van der Waals surface area contributed by atoms with Crippen LogP contribution in [-0.2, 0) is 11.2 Å². The minimum atomic E-state index is -0.177. The molecular weight excluding hydrogens is 310 g/mol. The topological polar surface area (TPSA) is 78.9 Å². The molecule has 0 unspecified atom stereocenters. The van der Waals surface area contributed by atoms with Gasteiger partial charge in [-0.15, -0.1) is 11.3 Å². The minimum absolute atomic E-state index is 0.140. The van der Waals surface area contributed by atoms with E-state index in [0.29, 0.717) is 28.6 Å². The number of carbonyl (C=O) groups excluding carboxylic acids is 1. The van der Waals surface area contributed by atoms with Crippen molar-refractivity contribution in [3.05, 3.63) is 58.8 Å². The number of amides is 1. The highest BCUT2D eigenvalue weighted by molar-refractivity contribution is 7.13. The van der Waals surface area contributed by atoms with Crippen LogP contribution in [-0.4, -0.2) is 10.9 Å². The average molecular weight is 323 g/mol. The van der Waals surface area contributed by atoms with E-state index in [4.69, 9.17) is 9.68 Å². The lowest BCUT2D eigenvalue weighted by Crippen LogP contribution is -2.15. The van der Waals surface area contributed by atoms with Gasteiger partial charge in [-0.3, -0.25) is 4.79 Å². The molecule has 5 nitrogen and oxygen atoms in total. The molecule has 23 heavy (non-hydrogen) atoms. The number of nitriles is 1. The predicted octanol–water partition coefficient (Wildman–Crippen LogP) is 3.76. The van der Waals surface area contributed by atoms with Gasteiger partial charge in [0, 0.05) is 5.69 Å². The summed E-state index contributed by atoms with van der Waals surface area (Å²) >= 11 is 1.54. The van der Waals surface area contributed by atoms with Crippen molar-refractivity contribution in [3.63, 3.8) is 0 Å². The fourth-order valence-corrected chi connectivity index (χ4v) is 2.73. The number of aromatic nitrogens is 1. The monoisotopic (exact) mass is 323 g/mol. The highest BCUT2D eigenvalue weighted by Gasteiger charge is 2.15. The molecule has 2 aromatic heterocycles. The third-order valence-electron chi connectivity index (χ3n) is 3.25. The number of hydrogen-bond donors (Lipinski definition) is 1. The number of rotatable bonds is 4. The Bertz CT molecular complexity index is 858. The number of nitrogens with zero attached hydrogens (tertiary/aromatic N) is 2. The van der Waals surface area contributed by atoms with Gasteiger partial charge in [-0.25, -0.2) is 4.98 Å². The van der Waals surface area contributed by atoms with E-state index in [1.165, 1.54) is 11.3 Å². The van der Waals surface area contributed by atoms with E-state index in [-0.39, 0.29) is 12.3 Å². The summed E-state index contributed by atoms with van der Waals surface area (Å²) in [6, 6.07) is 12.6. The van der Waals surface area contributed by atoms with Crippen LogP contribution < -0.4 is 5.32 Å². The number of thiophene rings is 1. The normalized spacial score (nSPS) is 10.3. The van der Waals surface area contributed by atoms with Crippen molar-refractivity contribution in [2.75, 3.05) is 5.32 Å². The first-order chi connectivity index (χ1) is 11.2. The van der Waals surface area contributed by atoms with Crippen LogP contribution >= 0.6 is 11.3 Å². The summed E-state index contributed by atoms with van der Waals surface area (Å²) in [6.45, 7) is 1.80. The fourth-order valence-electron chi connectivity index (χ4n) is 2.08. The maximum absolute atomic E-state index is 12.1. The van der Waals surface area contributed by atoms with Crippen molar-refractivity contribution in [1.29, 1.82) is 5.26 Å². The number of aryl methyl sites for hydroxylation is 1. The van der Waals surface area contributed by atoms with Gasteiger partial charge in [0.2, 0.25) is 11.8 Å². The molecule has 0 bridgehead atoms. The van der Waals surface area contributed by atoms with E-state index in [9.17, 15) is 4.79 Å². The summed E-state index contributed by atoms with van der Waals surface area (Å²) in [5.74, 6) is 1.01. The number of nitrogens with one attached hydrogen (secondary N) is 1. The smallest absolute Gasteiger partial charge is 0.236 e. The Morgan fingerprint density at radius 1 is 1.35 bits per heavy atom. The summed E-state index contributed by atoms with van der Waals surface area (Å²) in [6.07, 6.45) is 0.140. The van der Waals surface area contributed by atoms with Gasteiger partial charge in [0.25, 0.3) is 0 Å². The maximum atomic E-state index is 12.1. The molecular formula is C17H13N3O2S. The van der Waals surface area contributed by atoms with Crippen LogP contribution in [0.15, 0.2) is 46.2 Å². The molecule has 114 valence electrons. The Morgan fingerprint density at radius 2 is 2.13 bits per heavy atom. The average Bonchev–Trinajstić information content (AvgIpc) is 3.18. The predicted molar refractivity (Wildman–Crippen MR) is 88.0 cm³/mol. The molecule has 0 aliphatic rings. The Labute approximate surface area is 137 Å². The molecule has 1 amide bonds. The van der Waals surface area contributed by atoms with Gasteiger partial charge in [-0.1, -0.05) is 6.07 Å². The van der Waals surface area contributed by atoms with Gasteiger partial charge in [0.1, 0.15) is 5.76 Å². The van der Waals surface area contributed by atoms with Crippen LogP contribution in [0.4, 0.5) is 5.69 Å². The zero-order valence-corrected chi connectivity index (χ0v) is 13.2. The van der Waals surface area contributed by atoms with Gasteiger partial charge in [0.05, 0.1) is 28.6 Å². The van der Waals surface area contributed by atoms with Crippen molar-refractivity contribution < 1.29 is 9.21 Å². The highest BCUT2D eigenvalue weighted by atomic mass is 32.1. The second kappa shape index (κ2) is 6.46. The highest BCUT2D eigenvalue weighted by Crippen LogP contribution is 2.26. The summed E-state index contributed by atoms with van der Waals surface area (Å²) in [5.41, 5.74) is 1.82. The summed E-state index contributed by atoms with van der Waals surface area (Å²) in [5, 5.41) is 13.5. The van der Waals surface area contributed by atoms with E-state index >= 15 is 0 Å². The van der Waals surface area contributed by atoms with Crippen LogP contribution in [0.3, 0.4) is 0 Å². The lowest BCUT2D eigenvalue weighted by molar-refractivity contribution is -0.115. The molecule has 0 aliphatic heterocycles. The van der Waals surface area contributed by atoms with Crippen molar-refractivity contribution in [3.8, 4) is 16.8 Å². The fraction of sp³-hybridized carbons (Fsp3) is 0.118. The van der Waals surface area contributed by atoms with Gasteiger partial charge in [-0.05, 0) is 42.6 Å². The first kappa shape index (κ1) is 15.0. The van der Waals surface area contributed by atoms with E-state index < -0.39 is 0 Å². The van der Waals surface area contributed by atoms with Crippen LogP contribution in [0.25, 0.3) is 10.8 Å². The molecule has 0 fully saturated rings.